The molecule has 1 aliphatic heterocycles. The SMILES string of the molecule is COCCOc1nc(N)nc2c1N=C[N]2. The molecular formula is C8H10N5O2. The number of methoxy groups -OCH3 is 1. The predicted molar refractivity (Wildman–Crippen MR) is 53.8 cm³/mol. The molecule has 0 unspecified atom stereocenters. The summed E-state index contributed by atoms with van der Waals surface area (Å²) in [6.45, 7) is 0.856. The Morgan fingerprint density at radius 2 is 2.20 bits per heavy atom. The zero-order valence-corrected chi connectivity index (χ0v) is 8.17. The Labute approximate surface area is 86.3 Å². The lowest BCUT2D eigenvalue weighted by Crippen LogP contribution is -2.07. The van der Waals surface area contributed by atoms with E-state index in [-0.39, 0.29) is 5.95 Å². The van der Waals surface area contributed by atoms with Crippen molar-refractivity contribution < 1.29 is 9.47 Å². The second kappa shape index (κ2) is 4.09. The Kier molecular flexibility index (Phi) is 2.64. The van der Waals surface area contributed by atoms with Gasteiger partial charge in [-0.3, -0.25) is 0 Å². The van der Waals surface area contributed by atoms with E-state index in [1.54, 1.807) is 7.11 Å². The summed E-state index contributed by atoms with van der Waals surface area (Å²) >= 11 is 0. The van der Waals surface area contributed by atoms with Gasteiger partial charge in [-0.25, -0.2) is 10.3 Å². The summed E-state index contributed by atoms with van der Waals surface area (Å²) in [7, 11) is 1.59. The van der Waals surface area contributed by atoms with Crippen LogP contribution in [0.1, 0.15) is 0 Å². The number of hydrogen-bond donors (Lipinski definition) is 1. The van der Waals surface area contributed by atoms with Gasteiger partial charge in [0.15, 0.2) is 11.5 Å². The molecule has 0 aromatic carbocycles. The van der Waals surface area contributed by atoms with Crippen LogP contribution >= 0.6 is 0 Å². The van der Waals surface area contributed by atoms with Gasteiger partial charge in [0.2, 0.25) is 11.8 Å². The number of nitrogens with two attached hydrogens (primary N) is 1. The molecule has 0 saturated heterocycles. The second-order valence-electron chi connectivity index (χ2n) is 2.77. The van der Waals surface area contributed by atoms with Crippen molar-refractivity contribution in [1.82, 2.24) is 15.3 Å². The summed E-state index contributed by atoms with van der Waals surface area (Å²) in [6, 6.07) is 0. The van der Waals surface area contributed by atoms with Crippen LogP contribution in [-0.2, 0) is 4.74 Å². The summed E-state index contributed by atoms with van der Waals surface area (Å²) in [5.74, 6) is 0.900. The fourth-order valence-electron chi connectivity index (χ4n) is 1.11. The highest BCUT2D eigenvalue weighted by Crippen LogP contribution is 2.35. The minimum absolute atomic E-state index is 0.121. The van der Waals surface area contributed by atoms with Gasteiger partial charge in [0.25, 0.3) is 0 Å². The normalized spacial score (nSPS) is 12.3. The molecule has 1 aromatic heterocycles. The molecule has 1 radical (unpaired) electrons. The highest BCUT2D eigenvalue weighted by molar-refractivity contribution is 5.82. The third kappa shape index (κ3) is 1.96. The molecule has 2 heterocycles. The van der Waals surface area contributed by atoms with Gasteiger partial charge in [-0.15, -0.1) is 0 Å². The van der Waals surface area contributed by atoms with Crippen molar-refractivity contribution in [3.63, 3.8) is 0 Å². The molecule has 0 spiro atoms. The van der Waals surface area contributed by atoms with Crippen LogP contribution in [0.2, 0.25) is 0 Å². The minimum atomic E-state index is 0.121. The first-order valence-corrected chi connectivity index (χ1v) is 4.34. The molecule has 0 bridgehead atoms. The van der Waals surface area contributed by atoms with Crippen molar-refractivity contribution in [1.29, 1.82) is 0 Å². The first kappa shape index (κ1) is 9.66. The molecule has 0 aliphatic carbocycles. The van der Waals surface area contributed by atoms with E-state index in [1.807, 2.05) is 0 Å². The summed E-state index contributed by atoms with van der Waals surface area (Å²) in [5.41, 5.74) is 6.00. The number of nitrogens with zero attached hydrogens (tertiary/aromatic N) is 4. The zero-order valence-electron chi connectivity index (χ0n) is 8.17. The lowest BCUT2D eigenvalue weighted by atomic mass is 10.4. The van der Waals surface area contributed by atoms with Crippen molar-refractivity contribution in [3.8, 4) is 5.88 Å². The van der Waals surface area contributed by atoms with Gasteiger partial charge >= 0.3 is 0 Å². The largest absolute Gasteiger partial charge is 0.474 e. The molecule has 7 heteroatoms. The molecule has 7 nitrogen and oxygen atoms in total. The summed E-state index contributed by atoms with van der Waals surface area (Å²) in [4.78, 5) is 11.8. The number of nitrogen functional groups attached to an aromatic ring is 1. The first-order chi connectivity index (χ1) is 7.31. The van der Waals surface area contributed by atoms with Gasteiger partial charge in [-0.2, -0.15) is 9.97 Å². The number of rotatable bonds is 4. The van der Waals surface area contributed by atoms with Gasteiger partial charge in [0.1, 0.15) is 12.9 Å². The maximum atomic E-state index is 5.49. The predicted octanol–water partition coefficient (Wildman–Crippen LogP) is -0.00670. The molecule has 79 valence electrons. The van der Waals surface area contributed by atoms with Gasteiger partial charge in [0, 0.05) is 7.11 Å². The fourth-order valence-corrected chi connectivity index (χ4v) is 1.11. The maximum Gasteiger partial charge on any atom is 0.247 e. The Bertz CT molecular complexity index is 393. The molecule has 2 rings (SSSR count). The summed E-state index contributed by atoms with van der Waals surface area (Å²) < 4.78 is 10.2. The third-order valence-electron chi connectivity index (χ3n) is 1.74. The lowest BCUT2D eigenvalue weighted by molar-refractivity contribution is 0.144. The Hall–Kier alpha value is -1.89. The van der Waals surface area contributed by atoms with Crippen molar-refractivity contribution in [2.24, 2.45) is 4.99 Å². The highest BCUT2D eigenvalue weighted by atomic mass is 16.5. The van der Waals surface area contributed by atoms with E-state index in [4.69, 9.17) is 15.2 Å². The third-order valence-corrected chi connectivity index (χ3v) is 1.74. The highest BCUT2D eigenvalue weighted by Gasteiger charge is 2.18. The number of fused-ring (bicyclic) bond motifs is 1. The quantitative estimate of drug-likeness (QED) is 0.702. The van der Waals surface area contributed by atoms with E-state index >= 15 is 0 Å². The number of ether oxygens (including phenoxy) is 2. The topological polar surface area (TPSA) is 96.7 Å². The number of hydrogen-bond acceptors (Lipinski definition) is 6. The molecule has 1 aliphatic rings. The number of aliphatic imine (C=N–C) groups is 1. The Morgan fingerprint density at radius 1 is 1.33 bits per heavy atom. The Balaban J connectivity index is 2.18. The van der Waals surface area contributed by atoms with E-state index in [1.165, 1.54) is 6.34 Å². The molecule has 0 saturated carbocycles. The molecule has 0 amide bonds. The average molecular weight is 208 g/mol. The number of aromatic nitrogens is 2. The number of anilines is 1. The van der Waals surface area contributed by atoms with E-state index in [2.05, 4.69) is 20.3 Å². The Morgan fingerprint density at radius 3 is 3.00 bits per heavy atom. The molecule has 0 atom stereocenters. The maximum absolute atomic E-state index is 5.49. The van der Waals surface area contributed by atoms with Crippen LogP contribution in [-0.4, -0.2) is 36.6 Å². The van der Waals surface area contributed by atoms with Crippen LogP contribution in [0.15, 0.2) is 4.99 Å². The lowest BCUT2D eigenvalue weighted by Gasteiger charge is -2.07. The van der Waals surface area contributed by atoms with Gasteiger partial charge in [0.05, 0.1) is 6.61 Å². The monoisotopic (exact) mass is 208 g/mol. The first-order valence-electron chi connectivity index (χ1n) is 4.34. The second-order valence-corrected chi connectivity index (χ2v) is 2.77. The van der Waals surface area contributed by atoms with Crippen molar-refractivity contribution in [2.45, 2.75) is 0 Å². The van der Waals surface area contributed by atoms with Gasteiger partial charge < -0.3 is 15.2 Å². The standard InChI is InChI=1S/C8H10N5O2/c1-14-2-3-15-7-5-6(11-4-10-5)12-8(9)13-7/h4H,2-3H2,1H3,(H2,9,12,13). The molecule has 15 heavy (non-hydrogen) atoms. The van der Waals surface area contributed by atoms with Crippen LogP contribution in [0.5, 0.6) is 5.88 Å². The van der Waals surface area contributed by atoms with E-state index in [0.717, 1.165) is 0 Å². The fraction of sp³-hybridized carbons (Fsp3) is 0.375. The zero-order chi connectivity index (χ0) is 10.7. The van der Waals surface area contributed by atoms with Crippen LogP contribution in [0, 0.1) is 0 Å². The molecular weight excluding hydrogens is 198 g/mol. The van der Waals surface area contributed by atoms with Crippen molar-refractivity contribution in [3.05, 3.63) is 0 Å². The van der Waals surface area contributed by atoms with Crippen LogP contribution in [0.25, 0.3) is 0 Å². The van der Waals surface area contributed by atoms with Crippen molar-refractivity contribution in [2.75, 3.05) is 26.1 Å². The van der Waals surface area contributed by atoms with E-state index in [0.29, 0.717) is 30.6 Å². The average Bonchev–Trinajstić information content (AvgIpc) is 2.65. The van der Waals surface area contributed by atoms with Gasteiger partial charge in [-0.05, 0) is 0 Å². The molecule has 0 fully saturated rings. The summed E-state index contributed by atoms with van der Waals surface area (Å²) in [6.07, 6.45) is 1.39. The molecule has 2 N–H and O–H groups in total. The van der Waals surface area contributed by atoms with E-state index in [9.17, 15) is 0 Å². The molecule has 1 aromatic rings. The van der Waals surface area contributed by atoms with Crippen LogP contribution < -0.4 is 15.8 Å². The van der Waals surface area contributed by atoms with E-state index < -0.39 is 0 Å². The van der Waals surface area contributed by atoms with Crippen LogP contribution in [0.4, 0.5) is 17.5 Å². The van der Waals surface area contributed by atoms with Crippen molar-refractivity contribution >= 4 is 23.8 Å². The summed E-state index contributed by atoms with van der Waals surface area (Å²) in [5, 5.41) is 3.91. The minimum Gasteiger partial charge on any atom is -0.474 e. The van der Waals surface area contributed by atoms with Crippen LogP contribution in [0.3, 0.4) is 0 Å². The smallest absolute Gasteiger partial charge is 0.247 e. The van der Waals surface area contributed by atoms with Gasteiger partial charge in [-0.1, -0.05) is 0 Å².